The van der Waals surface area contributed by atoms with Gasteiger partial charge in [0.2, 0.25) is 0 Å². The van der Waals surface area contributed by atoms with Gasteiger partial charge in [-0.1, -0.05) is 13.8 Å². The van der Waals surface area contributed by atoms with Crippen LogP contribution in [0.5, 0.6) is 0 Å². The Morgan fingerprint density at radius 1 is 1.42 bits per heavy atom. The maximum absolute atomic E-state index is 6.09. The zero-order valence-electron chi connectivity index (χ0n) is 8.42. The molecule has 2 unspecified atom stereocenters. The van der Waals surface area contributed by atoms with Crippen LogP contribution in [0.1, 0.15) is 33.6 Å². The molecule has 0 amide bonds. The molecular weight excluding hydrogens is 150 g/mol. The Bertz CT molecular complexity index is 132. The van der Waals surface area contributed by atoms with Crippen LogP contribution in [-0.2, 0) is 4.74 Å². The van der Waals surface area contributed by atoms with Gasteiger partial charge in [0.25, 0.3) is 0 Å². The lowest BCUT2D eigenvalue weighted by Crippen LogP contribution is -2.42. The van der Waals surface area contributed by atoms with Crippen molar-refractivity contribution >= 4 is 0 Å². The van der Waals surface area contributed by atoms with Crippen LogP contribution in [0.25, 0.3) is 0 Å². The number of rotatable bonds is 5. The molecular formula is C10H21NO. The summed E-state index contributed by atoms with van der Waals surface area (Å²) < 4.78 is 5.64. The SMILES string of the molecule is CCOC(C(C)C)C(N)C1CC1. The number of ether oxygens (including phenoxy) is 1. The van der Waals surface area contributed by atoms with Crippen molar-refractivity contribution in [1.29, 1.82) is 0 Å². The van der Waals surface area contributed by atoms with Crippen molar-refractivity contribution < 1.29 is 4.74 Å². The molecule has 1 rings (SSSR count). The van der Waals surface area contributed by atoms with Gasteiger partial charge in [-0.2, -0.15) is 0 Å². The van der Waals surface area contributed by atoms with Gasteiger partial charge >= 0.3 is 0 Å². The Labute approximate surface area is 75.5 Å². The zero-order chi connectivity index (χ0) is 9.14. The molecule has 2 heteroatoms. The Morgan fingerprint density at radius 2 is 2.00 bits per heavy atom. The highest BCUT2D eigenvalue weighted by atomic mass is 16.5. The summed E-state index contributed by atoms with van der Waals surface area (Å²) in [5, 5.41) is 0. The van der Waals surface area contributed by atoms with Gasteiger partial charge in [-0.3, -0.25) is 0 Å². The molecule has 1 saturated carbocycles. The first kappa shape index (κ1) is 10.0. The van der Waals surface area contributed by atoms with Crippen LogP contribution in [0, 0.1) is 11.8 Å². The lowest BCUT2D eigenvalue weighted by molar-refractivity contribution is 0.00783. The van der Waals surface area contributed by atoms with Crippen LogP contribution < -0.4 is 5.73 Å². The molecule has 0 bridgehead atoms. The predicted octanol–water partition coefficient (Wildman–Crippen LogP) is 1.78. The number of hydrogen-bond donors (Lipinski definition) is 1. The van der Waals surface area contributed by atoms with E-state index in [1.54, 1.807) is 0 Å². The van der Waals surface area contributed by atoms with E-state index in [0.29, 0.717) is 5.92 Å². The van der Waals surface area contributed by atoms with Crippen LogP contribution in [0.15, 0.2) is 0 Å². The molecule has 0 aromatic carbocycles. The van der Waals surface area contributed by atoms with Gasteiger partial charge in [0.1, 0.15) is 0 Å². The Kier molecular flexibility index (Phi) is 3.53. The van der Waals surface area contributed by atoms with E-state index in [1.807, 2.05) is 6.92 Å². The van der Waals surface area contributed by atoms with Crippen molar-refractivity contribution in [2.75, 3.05) is 6.61 Å². The maximum atomic E-state index is 6.09. The van der Waals surface area contributed by atoms with Gasteiger partial charge in [-0.15, -0.1) is 0 Å². The summed E-state index contributed by atoms with van der Waals surface area (Å²) in [6, 6.07) is 0.268. The van der Waals surface area contributed by atoms with E-state index in [1.165, 1.54) is 12.8 Å². The van der Waals surface area contributed by atoms with Crippen LogP contribution in [-0.4, -0.2) is 18.8 Å². The van der Waals surface area contributed by atoms with Crippen LogP contribution >= 0.6 is 0 Å². The smallest absolute Gasteiger partial charge is 0.0751 e. The molecule has 2 N–H and O–H groups in total. The average Bonchev–Trinajstić information content (AvgIpc) is 2.80. The average molecular weight is 171 g/mol. The van der Waals surface area contributed by atoms with Crippen LogP contribution in [0.4, 0.5) is 0 Å². The summed E-state index contributed by atoms with van der Waals surface area (Å²) >= 11 is 0. The van der Waals surface area contributed by atoms with Gasteiger partial charge < -0.3 is 10.5 Å². The van der Waals surface area contributed by atoms with Gasteiger partial charge in [-0.25, -0.2) is 0 Å². The van der Waals surface area contributed by atoms with Crippen molar-refractivity contribution in [2.45, 2.75) is 45.8 Å². The molecule has 0 aromatic rings. The summed E-state index contributed by atoms with van der Waals surface area (Å²) in [7, 11) is 0. The van der Waals surface area contributed by atoms with Gasteiger partial charge in [0, 0.05) is 12.6 Å². The molecule has 0 spiro atoms. The first-order valence-corrected chi connectivity index (χ1v) is 5.04. The second-order valence-electron chi connectivity index (χ2n) is 4.08. The lowest BCUT2D eigenvalue weighted by atomic mass is 9.97. The van der Waals surface area contributed by atoms with Crippen LogP contribution in [0.3, 0.4) is 0 Å². The van der Waals surface area contributed by atoms with Crippen molar-refractivity contribution in [3.05, 3.63) is 0 Å². The summed E-state index contributed by atoms with van der Waals surface area (Å²) in [6.07, 6.45) is 2.87. The predicted molar refractivity (Wildman–Crippen MR) is 51.0 cm³/mol. The fourth-order valence-electron chi connectivity index (χ4n) is 1.69. The summed E-state index contributed by atoms with van der Waals surface area (Å²) in [5.74, 6) is 1.28. The van der Waals surface area contributed by atoms with E-state index in [0.717, 1.165) is 12.5 Å². The molecule has 0 aliphatic heterocycles. The van der Waals surface area contributed by atoms with E-state index in [-0.39, 0.29) is 12.1 Å². The van der Waals surface area contributed by atoms with E-state index < -0.39 is 0 Å². The first-order valence-electron chi connectivity index (χ1n) is 5.04. The molecule has 2 nitrogen and oxygen atoms in total. The molecule has 72 valence electrons. The van der Waals surface area contributed by atoms with Crippen molar-refractivity contribution in [2.24, 2.45) is 17.6 Å². The molecule has 0 radical (unpaired) electrons. The normalized spacial score (nSPS) is 22.8. The molecule has 0 heterocycles. The highest BCUT2D eigenvalue weighted by Crippen LogP contribution is 2.35. The Morgan fingerprint density at radius 3 is 2.33 bits per heavy atom. The minimum absolute atomic E-state index is 0.266. The summed E-state index contributed by atoms with van der Waals surface area (Å²) in [4.78, 5) is 0. The zero-order valence-corrected chi connectivity index (χ0v) is 8.42. The molecule has 1 aliphatic carbocycles. The Balaban J connectivity index is 2.39. The van der Waals surface area contributed by atoms with Gasteiger partial charge in [0.15, 0.2) is 0 Å². The lowest BCUT2D eigenvalue weighted by Gasteiger charge is -2.27. The van der Waals surface area contributed by atoms with E-state index in [9.17, 15) is 0 Å². The molecule has 1 aliphatic rings. The highest BCUT2D eigenvalue weighted by molar-refractivity contribution is 4.90. The molecule has 0 saturated heterocycles. The monoisotopic (exact) mass is 171 g/mol. The molecule has 1 fully saturated rings. The molecule has 0 aromatic heterocycles. The third-order valence-corrected chi connectivity index (χ3v) is 2.56. The van der Waals surface area contributed by atoms with E-state index in [2.05, 4.69) is 13.8 Å². The summed E-state index contributed by atoms with van der Waals surface area (Å²) in [6.45, 7) is 7.18. The van der Waals surface area contributed by atoms with E-state index >= 15 is 0 Å². The fourth-order valence-corrected chi connectivity index (χ4v) is 1.69. The second-order valence-corrected chi connectivity index (χ2v) is 4.08. The third-order valence-electron chi connectivity index (χ3n) is 2.56. The van der Waals surface area contributed by atoms with E-state index in [4.69, 9.17) is 10.5 Å². The van der Waals surface area contributed by atoms with Gasteiger partial charge in [-0.05, 0) is 31.6 Å². The van der Waals surface area contributed by atoms with Crippen molar-refractivity contribution in [3.63, 3.8) is 0 Å². The minimum Gasteiger partial charge on any atom is -0.377 e. The largest absolute Gasteiger partial charge is 0.377 e. The number of hydrogen-bond acceptors (Lipinski definition) is 2. The third kappa shape index (κ3) is 2.46. The van der Waals surface area contributed by atoms with Crippen molar-refractivity contribution in [3.8, 4) is 0 Å². The minimum atomic E-state index is 0.266. The summed E-state index contributed by atoms with van der Waals surface area (Å²) in [5.41, 5.74) is 6.09. The first-order chi connectivity index (χ1) is 5.66. The van der Waals surface area contributed by atoms with Crippen LogP contribution in [0.2, 0.25) is 0 Å². The maximum Gasteiger partial charge on any atom is 0.0751 e. The number of nitrogens with two attached hydrogens (primary N) is 1. The highest BCUT2D eigenvalue weighted by Gasteiger charge is 2.35. The Hall–Kier alpha value is -0.0800. The fraction of sp³-hybridized carbons (Fsp3) is 1.00. The quantitative estimate of drug-likeness (QED) is 0.684. The molecule has 2 atom stereocenters. The topological polar surface area (TPSA) is 35.2 Å². The molecule has 12 heavy (non-hydrogen) atoms. The standard InChI is InChI=1S/C10H21NO/c1-4-12-10(7(2)3)9(11)8-5-6-8/h7-10H,4-6,11H2,1-3H3. The van der Waals surface area contributed by atoms with Crippen molar-refractivity contribution in [1.82, 2.24) is 0 Å². The van der Waals surface area contributed by atoms with Gasteiger partial charge in [0.05, 0.1) is 6.10 Å². The second kappa shape index (κ2) is 4.24.